The van der Waals surface area contributed by atoms with Crippen LogP contribution in [0.2, 0.25) is 0 Å². The smallest absolute Gasteiger partial charge is 0.328 e. The van der Waals surface area contributed by atoms with Crippen LogP contribution in [0.1, 0.15) is 41.6 Å². The third-order valence-electron chi connectivity index (χ3n) is 2.47. The first-order valence-corrected chi connectivity index (χ1v) is 4.95. The molecule has 84 valence electrons. The number of hydrogen-bond acceptors (Lipinski definition) is 3. The zero-order valence-electron chi connectivity index (χ0n) is 9.35. The van der Waals surface area contributed by atoms with Crippen LogP contribution < -0.4 is 4.73 Å². The summed E-state index contributed by atoms with van der Waals surface area (Å²) >= 11 is 0. The Morgan fingerprint density at radius 3 is 2.38 bits per heavy atom. The summed E-state index contributed by atoms with van der Waals surface area (Å²) < 4.78 is 0.446. The van der Waals surface area contributed by atoms with E-state index in [1.807, 2.05) is 0 Å². The lowest BCUT2D eigenvalue weighted by molar-refractivity contribution is -0.607. The van der Waals surface area contributed by atoms with Gasteiger partial charge in [-0.25, -0.2) is 0 Å². The molecule has 0 bridgehead atoms. The van der Waals surface area contributed by atoms with Gasteiger partial charge in [-0.05, 0) is 26.8 Å². The van der Waals surface area contributed by atoms with E-state index in [-0.39, 0.29) is 11.3 Å². The molecule has 1 aromatic rings. The van der Waals surface area contributed by atoms with Crippen LogP contribution in [-0.2, 0) is 0 Å². The van der Waals surface area contributed by atoms with Gasteiger partial charge in [-0.1, -0.05) is 0 Å². The van der Waals surface area contributed by atoms with E-state index < -0.39 is 17.4 Å². The summed E-state index contributed by atoms with van der Waals surface area (Å²) in [5.74, 6) is -0.930. The average Bonchev–Trinajstić information content (AvgIpc) is 2.39. The van der Waals surface area contributed by atoms with Gasteiger partial charge in [-0.2, -0.15) is 4.73 Å². The van der Waals surface area contributed by atoms with E-state index in [2.05, 4.69) is 0 Å². The van der Waals surface area contributed by atoms with Crippen LogP contribution in [0.15, 0.2) is 18.3 Å². The first-order valence-electron chi connectivity index (χ1n) is 4.95. The normalized spacial score (nSPS) is 15.6. The summed E-state index contributed by atoms with van der Waals surface area (Å²) in [5, 5.41) is 11.5. The van der Waals surface area contributed by atoms with Crippen molar-refractivity contribution < 1.29 is 14.3 Å². The molecule has 1 aromatic heterocycles. The van der Waals surface area contributed by atoms with Crippen LogP contribution in [0.25, 0.3) is 0 Å². The highest BCUT2D eigenvalue weighted by molar-refractivity contribution is 6.20. The number of rotatable bonds is 0. The Bertz CT molecular complexity index is 488. The maximum absolute atomic E-state index is 12.0. The molecule has 2 amide bonds. The number of imide groups is 1. The van der Waals surface area contributed by atoms with Crippen LogP contribution in [0.4, 0.5) is 0 Å². The molecule has 1 aliphatic heterocycles. The molecule has 0 aliphatic carbocycles. The van der Waals surface area contributed by atoms with Crippen molar-refractivity contribution in [3.63, 3.8) is 0 Å². The zero-order valence-corrected chi connectivity index (χ0v) is 9.35. The second-order valence-electron chi connectivity index (χ2n) is 4.71. The molecule has 0 spiro atoms. The minimum Gasteiger partial charge on any atom is -0.618 e. The molecule has 5 heteroatoms. The fraction of sp³-hybridized carbons (Fsp3) is 0.364. The molecule has 0 saturated carbocycles. The molecular weight excluding hydrogens is 208 g/mol. The topological polar surface area (TPSA) is 64.3 Å². The zero-order chi connectivity index (χ0) is 12.1. The van der Waals surface area contributed by atoms with E-state index in [4.69, 9.17) is 0 Å². The maximum Gasteiger partial charge on any atom is 0.328 e. The van der Waals surface area contributed by atoms with Crippen molar-refractivity contribution in [3.05, 3.63) is 34.8 Å². The third kappa shape index (κ3) is 1.28. The Morgan fingerprint density at radius 2 is 1.88 bits per heavy atom. The Balaban J connectivity index is 2.62. The van der Waals surface area contributed by atoms with Crippen molar-refractivity contribution in [1.82, 2.24) is 4.90 Å². The summed E-state index contributed by atoms with van der Waals surface area (Å²) in [6.45, 7) is 5.26. The Hall–Kier alpha value is -1.91. The summed E-state index contributed by atoms with van der Waals surface area (Å²) in [4.78, 5) is 25.0. The minimum absolute atomic E-state index is 0.0811. The van der Waals surface area contributed by atoms with Gasteiger partial charge >= 0.3 is 5.91 Å². The van der Waals surface area contributed by atoms with E-state index in [1.165, 1.54) is 18.3 Å². The van der Waals surface area contributed by atoms with Crippen molar-refractivity contribution in [1.29, 1.82) is 0 Å². The van der Waals surface area contributed by atoms with Gasteiger partial charge in [0.2, 0.25) is 0 Å². The molecule has 16 heavy (non-hydrogen) atoms. The lowest BCUT2D eigenvalue weighted by Crippen LogP contribution is -2.46. The van der Waals surface area contributed by atoms with Gasteiger partial charge in [0.05, 0.1) is 0 Å². The molecule has 1 aliphatic rings. The van der Waals surface area contributed by atoms with Crippen molar-refractivity contribution in [3.8, 4) is 0 Å². The number of pyridine rings is 1. The van der Waals surface area contributed by atoms with Gasteiger partial charge in [0.25, 0.3) is 11.6 Å². The Morgan fingerprint density at radius 1 is 1.25 bits per heavy atom. The highest BCUT2D eigenvalue weighted by atomic mass is 16.5. The first-order chi connectivity index (χ1) is 7.34. The predicted octanol–water partition coefficient (Wildman–Crippen LogP) is 0.715. The van der Waals surface area contributed by atoms with Gasteiger partial charge in [-0.3, -0.25) is 14.5 Å². The summed E-state index contributed by atoms with van der Waals surface area (Å²) in [7, 11) is 0. The van der Waals surface area contributed by atoms with Gasteiger partial charge < -0.3 is 5.21 Å². The van der Waals surface area contributed by atoms with E-state index in [0.717, 1.165) is 4.90 Å². The summed E-state index contributed by atoms with van der Waals surface area (Å²) in [6.07, 6.45) is 1.22. The number of hydrogen-bond donors (Lipinski definition) is 0. The van der Waals surface area contributed by atoms with Gasteiger partial charge in [-0.15, -0.1) is 0 Å². The monoisotopic (exact) mass is 220 g/mol. The molecule has 2 rings (SSSR count). The van der Waals surface area contributed by atoms with Crippen molar-refractivity contribution in [2.24, 2.45) is 0 Å². The number of carbonyl (C=O) groups is 2. The molecule has 0 N–H and O–H groups in total. The number of fused-ring (bicyclic) bond motifs is 1. The molecule has 0 atom stereocenters. The van der Waals surface area contributed by atoms with Crippen molar-refractivity contribution in [2.45, 2.75) is 26.3 Å². The van der Waals surface area contributed by atoms with E-state index in [9.17, 15) is 14.8 Å². The van der Waals surface area contributed by atoms with Gasteiger partial charge in [0.15, 0.2) is 6.20 Å². The summed E-state index contributed by atoms with van der Waals surface area (Å²) in [5.41, 5.74) is -0.528. The summed E-state index contributed by atoms with van der Waals surface area (Å²) in [6, 6.07) is 2.96. The van der Waals surface area contributed by atoms with Crippen molar-refractivity contribution >= 4 is 11.8 Å². The SMILES string of the molecule is CC(C)(C)N1C(=O)c2ccc[n+]([O-])c2C1=O. The van der Waals surface area contributed by atoms with Crippen LogP contribution in [0.5, 0.6) is 0 Å². The fourth-order valence-corrected chi connectivity index (χ4v) is 1.80. The number of amides is 2. The largest absolute Gasteiger partial charge is 0.618 e. The number of aromatic nitrogens is 1. The molecule has 0 saturated heterocycles. The Kier molecular flexibility index (Phi) is 2.01. The first kappa shape index (κ1) is 10.6. The predicted molar refractivity (Wildman–Crippen MR) is 55.7 cm³/mol. The molecule has 5 nitrogen and oxygen atoms in total. The second kappa shape index (κ2) is 3.04. The third-order valence-corrected chi connectivity index (χ3v) is 2.47. The van der Waals surface area contributed by atoms with Crippen molar-refractivity contribution in [2.75, 3.05) is 0 Å². The quantitative estimate of drug-likeness (QED) is 0.367. The van der Waals surface area contributed by atoms with Crippen LogP contribution in [0, 0.1) is 5.21 Å². The number of carbonyl (C=O) groups excluding carboxylic acids is 2. The van der Waals surface area contributed by atoms with Crippen LogP contribution >= 0.6 is 0 Å². The molecule has 0 unspecified atom stereocenters. The Labute approximate surface area is 92.9 Å². The highest BCUT2D eigenvalue weighted by Crippen LogP contribution is 2.26. The minimum atomic E-state index is -0.625. The molecule has 0 radical (unpaired) electrons. The molecular formula is C11H12N2O3. The van der Waals surface area contributed by atoms with Crippen LogP contribution in [-0.4, -0.2) is 22.3 Å². The standard InChI is InChI=1S/C11H12N2O3/c1-11(2,3)13-9(14)7-5-4-6-12(16)8(7)10(13)15/h4-6H,1-3H3. The fourth-order valence-electron chi connectivity index (χ4n) is 1.80. The lowest BCUT2D eigenvalue weighted by Gasteiger charge is -2.28. The second-order valence-corrected chi connectivity index (χ2v) is 4.71. The average molecular weight is 220 g/mol. The molecule has 0 fully saturated rings. The maximum atomic E-state index is 12.0. The number of nitrogens with zero attached hydrogens (tertiary/aromatic N) is 2. The van der Waals surface area contributed by atoms with E-state index in [1.54, 1.807) is 20.8 Å². The van der Waals surface area contributed by atoms with Gasteiger partial charge in [0.1, 0.15) is 5.56 Å². The molecule has 0 aromatic carbocycles. The van der Waals surface area contributed by atoms with E-state index >= 15 is 0 Å². The highest BCUT2D eigenvalue weighted by Gasteiger charge is 2.47. The van der Waals surface area contributed by atoms with Gasteiger partial charge in [0, 0.05) is 11.6 Å². The lowest BCUT2D eigenvalue weighted by atomic mass is 10.1. The van der Waals surface area contributed by atoms with E-state index in [0.29, 0.717) is 4.73 Å². The van der Waals surface area contributed by atoms with Crippen LogP contribution in [0.3, 0.4) is 0 Å². The molecule has 2 heterocycles.